The number of carbonyl (C=O) groups excluding carboxylic acids is 4. The Hall–Kier alpha value is -1.94. The number of esters is 4. The highest BCUT2D eigenvalue weighted by atomic mass is 31.2. The third-order valence-corrected chi connectivity index (χ3v) is 15.2. The van der Waals surface area contributed by atoms with E-state index in [1.807, 2.05) is 0 Å². The molecule has 0 aliphatic carbocycles. The van der Waals surface area contributed by atoms with Crippen LogP contribution < -0.4 is 0 Å². The monoisotopic (exact) mass is 1140 g/mol. The second-order valence-electron chi connectivity index (χ2n) is 21.5. The van der Waals surface area contributed by atoms with Crippen LogP contribution in [0.25, 0.3) is 0 Å². The van der Waals surface area contributed by atoms with Gasteiger partial charge in [-0.15, -0.1) is 0 Å². The number of hydrogen-bond donors (Lipinski definition) is 3. The van der Waals surface area contributed by atoms with Crippen molar-refractivity contribution in [3.63, 3.8) is 0 Å². The number of ether oxygens (including phenoxy) is 4. The zero-order chi connectivity index (χ0) is 57.1. The fourth-order valence-corrected chi connectivity index (χ4v) is 10.1. The van der Waals surface area contributed by atoms with Gasteiger partial charge in [-0.1, -0.05) is 234 Å². The predicted octanol–water partition coefficient (Wildman–Crippen LogP) is 15.5. The molecular formula is C58H112O17P2. The first-order valence-electron chi connectivity index (χ1n) is 30.6. The van der Waals surface area contributed by atoms with Gasteiger partial charge in [0, 0.05) is 25.7 Å². The van der Waals surface area contributed by atoms with Crippen LogP contribution in [0.4, 0.5) is 0 Å². The smallest absolute Gasteiger partial charge is 0.462 e. The zero-order valence-electron chi connectivity index (χ0n) is 49.1. The molecule has 0 fully saturated rings. The summed E-state index contributed by atoms with van der Waals surface area (Å²) in [6, 6.07) is 0. The molecule has 77 heavy (non-hydrogen) atoms. The normalized spacial score (nSPS) is 14.4. The van der Waals surface area contributed by atoms with E-state index < -0.39 is 97.5 Å². The molecule has 19 heteroatoms. The minimum atomic E-state index is -4.93. The number of hydrogen-bond acceptors (Lipinski definition) is 15. The van der Waals surface area contributed by atoms with Gasteiger partial charge in [-0.2, -0.15) is 0 Å². The second kappa shape index (κ2) is 52.2. The molecule has 3 N–H and O–H groups in total. The molecule has 0 radical (unpaired) electrons. The maximum atomic E-state index is 12.9. The fraction of sp³-hybridized carbons (Fsp3) is 0.931. The summed E-state index contributed by atoms with van der Waals surface area (Å²) in [6.07, 6.45) is 34.2. The van der Waals surface area contributed by atoms with E-state index in [9.17, 15) is 43.2 Å². The summed E-state index contributed by atoms with van der Waals surface area (Å²) >= 11 is 0. The third kappa shape index (κ3) is 53.2. The molecular weight excluding hydrogens is 1030 g/mol. The third-order valence-electron chi connectivity index (χ3n) is 13.3. The number of unbranched alkanes of at least 4 members (excludes halogenated alkanes) is 30. The Morgan fingerprint density at radius 1 is 0.351 bits per heavy atom. The summed E-state index contributed by atoms with van der Waals surface area (Å²) in [5.41, 5.74) is 0. The Balaban J connectivity index is 5.09. The highest BCUT2D eigenvalue weighted by Gasteiger charge is 2.30. The molecule has 2 unspecified atom stereocenters. The lowest BCUT2D eigenvalue weighted by molar-refractivity contribution is -0.161. The van der Waals surface area contributed by atoms with Crippen LogP contribution in [0.15, 0.2) is 0 Å². The Labute approximate surface area is 467 Å². The van der Waals surface area contributed by atoms with Gasteiger partial charge in [-0.3, -0.25) is 37.3 Å². The molecule has 0 saturated heterocycles. The van der Waals surface area contributed by atoms with Crippen molar-refractivity contribution in [1.29, 1.82) is 0 Å². The van der Waals surface area contributed by atoms with Gasteiger partial charge in [0.15, 0.2) is 12.2 Å². The van der Waals surface area contributed by atoms with E-state index in [4.69, 9.17) is 37.0 Å². The second-order valence-corrected chi connectivity index (χ2v) is 24.4. The van der Waals surface area contributed by atoms with Crippen molar-refractivity contribution in [3.8, 4) is 0 Å². The fourth-order valence-electron chi connectivity index (χ4n) is 8.52. The van der Waals surface area contributed by atoms with Crippen molar-refractivity contribution in [2.24, 2.45) is 5.92 Å². The largest absolute Gasteiger partial charge is 0.472 e. The molecule has 0 spiro atoms. The summed E-state index contributed by atoms with van der Waals surface area (Å²) in [4.78, 5) is 71.4. The predicted molar refractivity (Wildman–Crippen MR) is 303 cm³/mol. The van der Waals surface area contributed by atoms with E-state index in [1.165, 1.54) is 103 Å². The highest BCUT2D eigenvalue weighted by molar-refractivity contribution is 7.47. The minimum absolute atomic E-state index is 0.0988. The van der Waals surface area contributed by atoms with Gasteiger partial charge >= 0.3 is 39.5 Å². The van der Waals surface area contributed by atoms with Crippen LogP contribution in [0.2, 0.25) is 0 Å². The first-order valence-corrected chi connectivity index (χ1v) is 33.6. The van der Waals surface area contributed by atoms with E-state index in [1.54, 1.807) is 0 Å². The van der Waals surface area contributed by atoms with Crippen molar-refractivity contribution >= 4 is 39.5 Å². The lowest BCUT2D eigenvalue weighted by atomic mass is 10.0. The maximum Gasteiger partial charge on any atom is 0.472 e. The minimum Gasteiger partial charge on any atom is -0.462 e. The van der Waals surface area contributed by atoms with Crippen molar-refractivity contribution < 1.29 is 80.2 Å². The van der Waals surface area contributed by atoms with Crippen molar-refractivity contribution in [2.45, 2.75) is 303 Å². The molecule has 0 aromatic heterocycles. The Kier molecular flexibility index (Phi) is 50.8. The van der Waals surface area contributed by atoms with Gasteiger partial charge < -0.3 is 33.8 Å². The van der Waals surface area contributed by atoms with Gasteiger partial charge in [-0.05, 0) is 31.6 Å². The first kappa shape index (κ1) is 75.1. The topological polar surface area (TPSA) is 237 Å². The van der Waals surface area contributed by atoms with E-state index in [-0.39, 0.29) is 25.7 Å². The Morgan fingerprint density at radius 3 is 0.883 bits per heavy atom. The number of phosphoric ester groups is 2. The summed E-state index contributed by atoms with van der Waals surface area (Å²) in [5.74, 6) is -1.37. The molecule has 0 aliphatic rings. The molecule has 0 aromatic rings. The van der Waals surface area contributed by atoms with E-state index in [0.717, 1.165) is 102 Å². The molecule has 0 aromatic carbocycles. The highest BCUT2D eigenvalue weighted by Crippen LogP contribution is 2.45. The number of rotatable bonds is 58. The molecule has 0 heterocycles. The van der Waals surface area contributed by atoms with Gasteiger partial charge in [0.1, 0.15) is 19.3 Å². The number of carbonyl (C=O) groups is 4. The summed E-state index contributed by atoms with van der Waals surface area (Å²) < 4.78 is 67.3. The van der Waals surface area contributed by atoms with E-state index in [2.05, 4.69) is 34.6 Å². The number of phosphoric acid groups is 2. The number of aliphatic hydroxyl groups is 1. The molecule has 0 saturated carbocycles. The Morgan fingerprint density at radius 2 is 0.597 bits per heavy atom. The van der Waals surface area contributed by atoms with Gasteiger partial charge in [0.05, 0.1) is 26.4 Å². The molecule has 0 bridgehead atoms. The first-order chi connectivity index (χ1) is 37.0. The molecule has 17 nitrogen and oxygen atoms in total. The lowest BCUT2D eigenvalue weighted by Gasteiger charge is -2.21. The molecule has 0 aliphatic heterocycles. The van der Waals surface area contributed by atoms with Crippen LogP contribution in [0.1, 0.15) is 285 Å². The average molecular weight is 1140 g/mol. The molecule has 456 valence electrons. The van der Waals surface area contributed by atoms with E-state index >= 15 is 0 Å². The quantitative estimate of drug-likeness (QED) is 0.0222. The van der Waals surface area contributed by atoms with Crippen LogP contribution in [-0.4, -0.2) is 96.7 Å². The summed E-state index contributed by atoms with van der Waals surface area (Å²) in [6.45, 7) is 6.98. The van der Waals surface area contributed by atoms with Crippen molar-refractivity contribution in [2.75, 3.05) is 39.6 Å². The summed E-state index contributed by atoms with van der Waals surface area (Å²) in [7, 11) is -9.85. The Bertz CT molecular complexity index is 1520. The number of aliphatic hydroxyl groups excluding tert-OH is 1. The van der Waals surface area contributed by atoms with Crippen LogP contribution in [0.3, 0.4) is 0 Å². The standard InChI is InChI=1S/C58H112O17P2/c1-6-9-12-15-16-17-25-28-33-37-42-56(61)69-48-54(75-58(63)44-39-34-29-26-23-21-19-18-20-22-24-27-32-35-40-51(4)5)50-73-77(66,67)71-46-52(59)45-70-76(64,65)72-49-53(74-57(62)43-38-31-14-11-8-3)47-68-55(60)41-36-30-13-10-7-2/h51-54,59H,6-50H2,1-5H3,(H,64,65)(H,66,67)/t52-,53+,54+/m0/s1. The van der Waals surface area contributed by atoms with Crippen LogP contribution in [-0.2, 0) is 65.4 Å². The van der Waals surface area contributed by atoms with Crippen LogP contribution in [0.5, 0.6) is 0 Å². The van der Waals surface area contributed by atoms with Crippen molar-refractivity contribution in [3.05, 3.63) is 0 Å². The lowest BCUT2D eigenvalue weighted by Crippen LogP contribution is -2.30. The average Bonchev–Trinajstić information content (AvgIpc) is 3.39. The zero-order valence-corrected chi connectivity index (χ0v) is 50.9. The van der Waals surface area contributed by atoms with Crippen LogP contribution in [0, 0.1) is 5.92 Å². The van der Waals surface area contributed by atoms with Crippen molar-refractivity contribution in [1.82, 2.24) is 0 Å². The van der Waals surface area contributed by atoms with Gasteiger partial charge in [0.2, 0.25) is 0 Å². The maximum absolute atomic E-state index is 12.9. The molecule has 0 rings (SSSR count). The van der Waals surface area contributed by atoms with Gasteiger partial charge in [0.25, 0.3) is 0 Å². The van der Waals surface area contributed by atoms with Crippen LogP contribution >= 0.6 is 15.6 Å². The van der Waals surface area contributed by atoms with E-state index in [0.29, 0.717) is 25.7 Å². The molecule has 0 amide bonds. The SMILES string of the molecule is CCCCCCCCCCCCC(=O)OC[C@H](COP(=O)(O)OC[C@@H](O)COP(=O)(O)OC[C@@H](COC(=O)CCCCCCC)OC(=O)CCCCCCC)OC(=O)CCCCCCCCCCCCCCCCC(C)C. The van der Waals surface area contributed by atoms with Gasteiger partial charge in [-0.25, -0.2) is 9.13 Å². The molecule has 5 atom stereocenters. The summed E-state index contributed by atoms with van der Waals surface area (Å²) in [5, 5.41) is 10.4.